The third kappa shape index (κ3) is 4.41. The van der Waals surface area contributed by atoms with Crippen LogP contribution in [0, 0.1) is 11.8 Å². The van der Waals surface area contributed by atoms with Crippen LogP contribution in [-0.4, -0.2) is 67.2 Å². The molecule has 2 aliphatic heterocycles. The van der Waals surface area contributed by atoms with E-state index in [4.69, 9.17) is 0 Å². The number of alkyl halides is 3. The molecule has 0 aliphatic carbocycles. The summed E-state index contributed by atoms with van der Waals surface area (Å²) in [5.41, 5.74) is 0.126. The molecule has 0 radical (unpaired) electrons. The van der Waals surface area contributed by atoms with Crippen molar-refractivity contribution in [2.24, 2.45) is 11.8 Å². The van der Waals surface area contributed by atoms with E-state index >= 15 is 0 Å². The number of rotatable bonds is 6. The van der Waals surface area contributed by atoms with Crippen LogP contribution in [0.25, 0.3) is 0 Å². The molecule has 2 heterocycles. The zero-order valence-electron chi connectivity index (χ0n) is 15.4. The molecule has 9 nitrogen and oxygen atoms in total. The Morgan fingerprint density at radius 1 is 1.23 bits per heavy atom. The number of carboxylic acid groups (broad SMARTS) is 1. The van der Waals surface area contributed by atoms with E-state index < -0.39 is 75.9 Å². The Balaban J connectivity index is 1.94. The van der Waals surface area contributed by atoms with E-state index in [1.807, 2.05) is 0 Å². The summed E-state index contributed by atoms with van der Waals surface area (Å²) >= 11 is 0. The lowest BCUT2D eigenvalue weighted by Crippen LogP contribution is -2.44. The minimum atomic E-state index is -4.95. The maximum Gasteiger partial charge on any atom is 0.573 e. The fraction of sp³-hybridized carbons (Fsp3) is 0.471. The highest BCUT2D eigenvalue weighted by Crippen LogP contribution is 2.44. The molecule has 2 N–H and O–H groups in total. The lowest BCUT2D eigenvalue weighted by Gasteiger charge is -2.21. The second kappa shape index (κ2) is 7.54. The molecular weight excluding hydrogens is 433 g/mol. The van der Waals surface area contributed by atoms with Gasteiger partial charge < -0.3 is 9.84 Å². The van der Waals surface area contributed by atoms with Crippen LogP contribution in [0.4, 0.5) is 13.2 Å². The number of fused-ring (bicyclic) bond motifs is 1. The van der Waals surface area contributed by atoms with Gasteiger partial charge in [0.15, 0.2) is 0 Å². The Labute approximate surface area is 168 Å². The molecule has 13 heteroatoms. The van der Waals surface area contributed by atoms with Crippen LogP contribution in [0.3, 0.4) is 0 Å². The molecule has 0 spiro atoms. The predicted molar refractivity (Wildman–Crippen MR) is 93.8 cm³/mol. The van der Waals surface area contributed by atoms with Crippen LogP contribution in [0.15, 0.2) is 24.3 Å². The lowest BCUT2D eigenvalue weighted by molar-refractivity contribution is -0.274. The number of carbonyl (C=O) groups excluding carboxylic acids is 2. The number of hydrogen-bond acceptors (Lipinski definition) is 7. The van der Waals surface area contributed by atoms with E-state index in [0.29, 0.717) is 4.90 Å². The summed E-state index contributed by atoms with van der Waals surface area (Å²) in [6.45, 7) is -0.431. The molecule has 4 atom stereocenters. The lowest BCUT2D eigenvalue weighted by atomic mass is 9.86. The number of hydrogen-bond donors (Lipinski definition) is 2. The minimum absolute atomic E-state index is 0.126. The molecule has 3 rings (SSSR count). The number of carbonyl (C=O) groups is 3. The monoisotopic (exact) mass is 450 g/mol. The van der Waals surface area contributed by atoms with Gasteiger partial charge in [-0.25, -0.2) is 8.42 Å². The predicted octanol–water partition coefficient (Wildman–Crippen LogP) is 0.328. The number of nitrogens with zero attached hydrogens (tertiary/aromatic N) is 1. The Morgan fingerprint density at radius 3 is 2.43 bits per heavy atom. The van der Waals surface area contributed by atoms with Crippen LogP contribution in [-0.2, 0) is 24.2 Å². The molecule has 2 saturated heterocycles. The highest BCUT2D eigenvalue weighted by atomic mass is 32.2. The average molecular weight is 450 g/mol. The number of sulfone groups is 1. The Kier molecular flexibility index (Phi) is 5.54. The molecule has 2 fully saturated rings. The van der Waals surface area contributed by atoms with Crippen molar-refractivity contribution in [3.63, 3.8) is 0 Å². The number of benzene rings is 1. The largest absolute Gasteiger partial charge is 0.573 e. The third-order valence-corrected chi connectivity index (χ3v) is 5.89. The molecule has 1 aromatic carbocycles. The fourth-order valence-corrected chi connectivity index (χ4v) is 4.30. The quantitative estimate of drug-likeness (QED) is 0.593. The highest BCUT2D eigenvalue weighted by Gasteiger charge is 2.60. The van der Waals surface area contributed by atoms with Crippen LogP contribution in [0.2, 0.25) is 0 Å². The first-order valence-corrected chi connectivity index (χ1v) is 10.7. The summed E-state index contributed by atoms with van der Waals surface area (Å²) in [4.78, 5) is 37.9. The van der Waals surface area contributed by atoms with E-state index in [1.165, 1.54) is 12.1 Å². The first-order valence-electron chi connectivity index (χ1n) is 8.66. The van der Waals surface area contributed by atoms with Gasteiger partial charge in [-0.2, -0.15) is 0 Å². The molecule has 0 aromatic heterocycles. The molecule has 164 valence electrons. The van der Waals surface area contributed by atoms with Gasteiger partial charge in [0, 0.05) is 18.8 Å². The van der Waals surface area contributed by atoms with Crippen molar-refractivity contribution in [3.05, 3.63) is 29.8 Å². The smallest absolute Gasteiger partial charge is 0.480 e. The van der Waals surface area contributed by atoms with Crippen LogP contribution < -0.4 is 10.1 Å². The van der Waals surface area contributed by atoms with Crippen LogP contribution in [0.5, 0.6) is 5.75 Å². The molecule has 2 aliphatic rings. The van der Waals surface area contributed by atoms with Gasteiger partial charge in [-0.15, -0.1) is 13.2 Å². The zero-order chi connectivity index (χ0) is 22.4. The molecular formula is C17H17F3N2O7S. The number of aliphatic carboxylic acids is 1. The number of carboxylic acids is 1. The molecule has 1 aromatic rings. The van der Waals surface area contributed by atoms with Crippen molar-refractivity contribution in [2.75, 3.05) is 18.6 Å². The number of likely N-dealkylation sites (tertiary alicyclic amines) is 1. The third-order valence-electron chi connectivity index (χ3n) is 4.97. The summed E-state index contributed by atoms with van der Waals surface area (Å²) in [5.74, 6) is -6.61. The first-order chi connectivity index (χ1) is 13.8. The molecule has 0 bridgehead atoms. The van der Waals surface area contributed by atoms with Crippen molar-refractivity contribution in [1.29, 1.82) is 0 Å². The van der Waals surface area contributed by atoms with E-state index in [-0.39, 0.29) is 5.56 Å². The average Bonchev–Trinajstić information content (AvgIpc) is 3.09. The summed E-state index contributed by atoms with van der Waals surface area (Å²) in [6.07, 6.45) is -4.02. The topological polar surface area (TPSA) is 130 Å². The van der Waals surface area contributed by atoms with E-state index in [9.17, 15) is 41.1 Å². The zero-order valence-corrected chi connectivity index (χ0v) is 16.2. The SMILES string of the molecule is CS(=O)(=O)CCN1C(=O)C2C(C(=O)O)NC(c3cccc(OC(F)(F)F)c3)C2C1=O. The Hall–Kier alpha value is -2.67. The van der Waals surface area contributed by atoms with Crippen molar-refractivity contribution in [3.8, 4) is 5.75 Å². The number of halogens is 3. The van der Waals surface area contributed by atoms with Gasteiger partial charge in [-0.05, 0) is 17.7 Å². The van der Waals surface area contributed by atoms with E-state index in [0.717, 1.165) is 18.4 Å². The van der Waals surface area contributed by atoms with Gasteiger partial charge in [0.2, 0.25) is 11.8 Å². The molecule has 4 unspecified atom stereocenters. The van der Waals surface area contributed by atoms with Crippen molar-refractivity contribution in [1.82, 2.24) is 10.2 Å². The van der Waals surface area contributed by atoms with Gasteiger partial charge in [0.05, 0.1) is 17.6 Å². The second-order valence-electron chi connectivity index (χ2n) is 7.09. The molecule has 0 saturated carbocycles. The summed E-state index contributed by atoms with van der Waals surface area (Å²) in [7, 11) is -3.50. The Morgan fingerprint density at radius 2 is 1.87 bits per heavy atom. The normalized spacial score (nSPS) is 26.7. The van der Waals surface area contributed by atoms with Crippen LogP contribution >= 0.6 is 0 Å². The van der Waals surface area contributed by atoms with Gasteiger partial charge in [0.25, 0.3) is 0 Å². The maximum atomic E-state index is 12.8. The van der Waals surface area contributed by atoms with Gasteiger partial charge >= 0.3 is 12.3 Å². The van der Waals surface area contributed by atoms with Crippen molar-refractivity contribution in [2.45, 2.75) is 18.4 Å². The second-order valence-corrected chi connectivity index (χ2v) is 9.35. The van der Waals surface area contributed by atoms with Crippen LogP contribution in [0.1, 0.15) is 11.6 Å². The summed E-state index contributed by atoms with van der Waals surface area (Å²) < 4.78 is 64.2. The van der Waals surface area contributed by atoms with E-state index in [2.05, 4.69) is 10.1 Å². The number of nitrogens with one attached hydrogen (secondary N) is 1. The van der Waals surface area contributed by atoms with Gasteiger partial charge in [0.1, 0.15) is 21.6 Å². The number of imide groups is 1. The highest BCUT2D eigenvalue weighted by molar-refractivity contribution is 7.90. The number of amides is 2. The standard InChI is InChI=1S/C17H17F3N2O7S/c1-30(27,28)6-5-22-14(23)10-11(15(22)24)13(16(25)26)21-12(10)8-3-2-4-9(7-8)29-17(18,19)20/h2-4,7,10-13,21H,5-6H2,1H3,(H,25,26). The minimum Gasteiger partial charge on any atom is -0.480 e. The maximum absolute atomic E-state index is 12.8. The first kappa shape index (κ1) is 22.0. The summed E-state index contributed by atoms with van der Waals surface area (Å²) in [6, 6.07) is 2.12. The fourth-order valence-electron chi connectivity index (χ4n) is 3.79. The molecule has 30 heavy (non-hydrogen) atoms. The Bertz CT molecular complexity index is 995. The van der Waals surface area contributed by atoms with Crippen molar-refractivity contribution >= 4 is 27.6 Å². The summed E-state index contributed by atoms with van der Waals surface area (Å²) in [5, 5.41) is 12.1. The van der Waals surface area contributed by atoms with E-state index in [1.54, 1.807) is 0 Å². The molecule has 2 amide bonds. The van der Waals surface area contributed by atoms with Crippen molar-refractivity contribution < 1.29 is 45.8 Å². The number of ether oxygens (including phenoxy) is 1. The van der Waals surface area contributed by atoms with Gasteiger partial charge in [-0.3, -0.25) is 24.6 Å². The van der Waals surface area contributed by atoms with Gasteiger partial charge in [-0.1, -0.05) is 12.1 Å².